The molecule has 21 heavy (non-hydrogen) atoms. The number of nitrogens with one attached hydrogen (secondary N) is 1. The second-order valence-corrected chi connectivity index (χ2v) is 5.25. The normalized spacial score (nSPS) is 11.8. The van der Waals surface area contributed by atoms with Gasteiger partial charge in [-0.25, -0.2) is 4.79 Å². The molecule has 2 amide bonds. The van der Waals surface area contributed by atoms with E-state index in [0.717, 1.165) is 11.3 Å². The first-order valence-electron chi connectivity index (χ1n) is 6.63. The third-order valence-electron chi connectivity index (χ3n) is 3.22. The number of hydrogen-bond donors (Lipinski definition) is 1. The minimum Gasteiger partial charge on any atom is -0.497 e. The Bertz CT molecular complexity index is 588. The van der Waals surface area contributed by atoms with Crippen LogP contribution in [0.3, 0.4) is 0 Å². The van der Waals surface area contributed by atoms with E-state index >= 15 is 0 Å². The lowest BCUT2D eigenvalue weighted by atomic mass is 10.1. The fraction of sp³-hybridized carbons (Fsp3) is 0.357. The number of aromatic nitrogens is 2. The summed E-state index contributed by atoms with van der Waals surface area (Å²) in [6.07, 6.45) is 0. The number of anilines is 1. The third kappa shape index (κ3) is 3.69. The molecule has 0 aliphatic carbocycles. The average Bonchev–Trinajstić information content (AvgIpc) is 3.00. The number of methoxy groups -OCH3 is 1. The zero-order valence-corrected chi connectivity index (χ0v) is 13.1. The van der Waals surface area contributed by atoms with Gasteiger partial charge in [0.05, 0.1) is 13.2 Å². The van der Waals surface area contributed by atoms with Crippen molar-refractivity contribution in [2.24, 2.45) is 0 Å². The van der Waals surface area contributed by atoms with Crippen molar-refractivity contribution in [3.8, 4) is 5.75 Å². The predicted octanol–water partition coefficient (Wildman–Crippen LogP) is 3.16. The predicted molar refractivity (Wildman–Crippen MR) is 82.7 cm³/mol. The molecule has 0 radical (unpaired) electrons. The molecule has 1 N–H and O–H groups in total. The van der Waals surface area contributed by atoms with Crippen molar-refractivity contribution < 1.29 is 9.53 Å². The molecular weight excluding hydrogens is 288 g/mol. The molecule has 6 nitrogen and oxygen atoms in total. The highest BCUT2D eigenvalue weighted by Gasteiger charge is 2.21. The van der Waals surface area contributed by atoms with Crippen molar-refractivity contribution in [3.63, 3.8) is 0 Å². The highest BCUT2D eigenvalue weighted by molar-refractivity contribution is 7.13. The molecule has 112 valence electrons. The van der Waals surface area contributed by atoms with Gasteiger partial charge in [0.2, 0.25) is 5.13 Å². The maximum Gasteiger partial charge on any atom is 0.324 e. The van der Waals surface area contributed by atoms with E-state index in [2.05, 4.69) is 15.5 Å². The molecule has 0 unspecified atom stereocenters. The Morgan fingerprint density at radius 1 is 1.52 bits per heavy atom. The molecule has 0 fully saturated rings. The van der Waals surface area contributed by atoms with Gasteiger partial charge in [-0.15, -0.1) is 10.2 Å². The van der Waals surface area contributed by atoms with Crippen molar-refractivity contribution >= 4 is 22.5 Å². The fourth-order valence-corrected chi connectivity index (χ4v) is 2.50. The largest absolute Gasteiger partial charge is 0.497 e. The van der Waals surface area contributed by atoms with E-state index in [1.54, 1.807) is 17.5 Å². The first-order valence-corrected chi connectivity index (χ1v) is 7.51. The maximum absolute atomic E-state index is 12.3. The van der Waals surface area contributed by atoms with Crippen LogP contribution in [0.15, 0.2) is 29.8 Å². The second-order valence-electron chi connectivity index (χ2n) is 4.41. The molecule has 2 rings (SSSR count). The number of carbonyl (C=O) groups is 1. The molecular formula is C14H18N4O2S. The van der Waals surface area contributed by atoms with Crippen molar-refractivity contribution in [1.82, 2.24) is 15.1 Å². The number of amides is 2. The van der Waals surface area contributed by atoms with E-state index in [4.69, 9.17) is 4.74 Å². The number of nitrogens with zero attached hydrogens (tertiary/aromatic N) is 3. The van der Waals surface area contributed by atoms with Crippen molar-refractivity contribution in [3.05, 3.63) is 35.3 Å². The third-order valence-corrected chi connectivity index (χ3v) is 3.83. The van der Waals surface area contributed by atoms with E-state index in [1.165, 1.54) is 11.3 Å². The Morgan fingerprint density at radius 3 is 2.95 bits per heavy atom. The number of hydrogen-bond acceptors (Lipinski definition) is 5. The molecule has 0 aliphatic rings. The quantitative estimate of drug-likeness (QED) is 0.921. The van der Waals surface area contributed by atoms with E-state index in [1.807, 2.05) is 38.1 Å². The minimum absolute atomic E-state index is 0.0713. The van der Waals surface area contributed by atoms with Gasteiger partial charge in [-0.05, 0) is 31.5 Å². The van der Waals surface area contributed by atoms with Crippen LogP contribution in [-0.2, 0) is 0 Å². The van der Waals surface area contributed by atoms with Crippen molar-refractivity contribution in [2.45, 2.75) is 19.9 Å². The zero-order valence-electron chi connectivity index (χ0n) is 12.2. The van der Waals surface area contributed by atoms with Crippen LogP contribution < -0.4 is 10.1 Å². The Balaban J connectivity index is 2.13. The summed E-state index contributed by atoms with van der Waals surface area (Å²) >= 11 is 1.29. The van der Waals surface area contributed by atoms with Crippen LogP contribution in [0, 0.1) is 0 Å². The summed E-state index contributed by atoms with van der Waals surface area (Å²) < 4.78 is 5.23. The Kier molecular flexibility index (Phi) is 5.10. The molecule has 1 aromatic heterocycles. The first kappa shape index (κ1) is 15.2. The molecule has 1 atom stereocenters. The van der Waals surface area contributed by atoms with Crippen LogP contribution in [-0.4, -0.2) is 34.8 Å². The molecule has 2 aromatic rings. The second kappa shape index (κ2) is 7.03. The van der Waals surface area contributed by atoms with Gasteiger partial charge in [0, 0.05) is 6.54 Å². The van der Waals surface area contributed by atoms with Crippen LogP contribution in [0.1, 0.15) is 25.5 Å². The lowest BCUT2D eigenvalue weighted by molar-refractivity contribution is 0.197. The van der Waals surface area contributed by atoms with Gasteiger partial charge in [0.25, 0.3) is 0 Å². The maximum atomic E-state index is 12.3. The molecule has 0 saturated heterocycles. The van der Waals surface area contributed by atoms with E-state index in [9.17, 15) is 4.79 Å². The lowest BCUT2D eigenvalue weighted by Gasteiger charge is -2.28. The topological polar surface area (TPSA) is 67.4 Å². The molecule has 1 heterocycles. The van der Waals surface area contributed by atoms with Crippen LogP contribution in [0.25, 0.3) is 0 Å². The highest BCUT2D eigenvalue weighted by Crippen LogP contribution is 2.24. The molecule has 0 saturated carbocycles. The van der Waals surface area contributed by atoms with Gasteiger partial charge >= 0.3 is 6.03 Å². The number of urea groups is 1. The van der Waals surface area contributed by atoms with Gasteiger partial charge < -0.3 is 9.64 Å². The summed E-state index contributed by atoms with van der Waals surface area (Å²) in [4.78, 5) is 14.1. The van der Waals surface area contributed by atoms with E-state index in [-0.39, 0.29) is 12.1 Å². The fourth-order valence-electron chi connectivity index (χ4n) is 2.07. The van der Waals surface area contributed by atoms with Gasteiger partial charge in [-0.3, -0.25) is 5.32 Å². The Labute approximate surface area is 127 Å². The summed E-state index contributed by atoms with van der Waals surface area (Å²) in [5.41, 5.74) is 2.60. The van der Waals surface area contributed by atoms with Crippen LogP contribution in [0.4, 0.5) is 9.93 Å². The van der Waals surface area contributed by atoms with E-state index < -0.39 is 0 Å². The Morgan fingerprint density at radius 2 is 2.33 bits per heavy atom. The standard InChI is InChI=1S/C14H18N4O2S/c1-4-18(14(19)16-13-17-15-9-21-13)10(2)11-6-5-7-12(8-11)20-3/h5-10H,4H2,1-3H3,(H,16,17,19)/t10-/m0/s1. The van der Waals surface area contributed by atoms with Crippen LogP contribution >= 0.6 is 11.3 Å². The molecule has 0 aliphatic heterocycles. The molecule has 7 heteroatoms. The van der Waals surface area contributed by atoms with Gasteiger partial charge in [0.15, 0.2) is 0 Å². The summed E-state index contributed by atoms with van der Waals surface area (Å²) in [6.45, 7) is 4.51. The van der Waals surface area contributed by atoms with Crippen LogP contribution in [0.5, 0.6) is 5.75 Å². The van der Waals surface area contributed by atoms with Gasteiger partial charge in [-0.2, -0.15) is 0 Å². The number of carbonyl (C=O) groups excluding carboxylic acids is 1. The lowest BCUT2D eigenvalue weighted by Crippen LogP contribution is -2.36. The summed E-state index contributed by atoms with van der Waals surface area (Å²) in [5.74, 6) is 0.778. The highest BCUT2D eigenvalue weighted by atomic mass is 32.1. The molecule has 0 bridgehead atoms. The molecule has 1 aromatic carbocycles. The number of benzene rings is 1. The smallest absolute Gasteiger partial charge is 0.324 e. The minimum atomic E-state index is -0.190. The van der Waals surface area contributed by atoms with Crippen molar-refractivity contribution in [1.29, 1.82) is 0 Å². The zero-order chi connectivity index (χ0) is 15.2. The molecule has 0 spiro atoms. The summed E-state index contributed by atoms with van der Waals surface area (Å²) in [7, 11) is 1.63. The summed E-state index contributed by atoms with van der Waals surface area (Å²) in [6, 6.07) is 7.46. The summed E-state index contributed by atoms with van der Waals surface area (Å²) in [5, 5.41) is 10.8. The SMILES string of the molecule is CCN(C(=O)Nc1nncs1)[C@@H](C)c1cccc(OC)c1. The number of ether oxygens (including phenoxy) is 1. The first-order chi connectivity index (χ1) is 10.2. The van der Waals surface area contributed by atoms with Gasteiger partial charge in [0.1, 0.15) is 11.3 Å². The van der Waals surface area contributed by atoms with Crippen molar-refractivity contribution in [2.75, 3.05) is 19.0 Å². The average molecular weight is 306 g/mol. The van der Waals surface area contributed by atoms with E-state index in [0.29, 0.717) is 11.7 Å². The Hall–Kier alpha value is -2.15. The monoisotopic (exact) mass is 306 g/mol. The van der Waals surface area contributed by atoms with Gasteiger partial charge in [-0.1, -0.05) is 23.5 Å². The number of rotatable bonds is 5. The van der Waals surface area contributed by atoms with Crippen LogP contribution in [0.2, 0.25) is 0 Å².